The van der Waals surface area contributed by atoms with Crippen molar-refractivity contribution in [3.8, 4) is 0 Å². The van der Waals surface area contributed by atoms with E-state index in [-0.39, 0.29) is 0 Å². The van der Waals surface area contributed by atoms with Crippen molar-refractivity contribution < 1.29 is 4.12 Å². The van der Waals surface area contributed by atoms with Gasteiger partial charge in [-0.3, -0.25) is 0 Å². The molecule has 0 aromatic rings. The summed E-state index contributed by atoms with van der Waals surface area (Å²) in [5.74, 6) is 0. The molecule has 0 aliphatic rings. The van der Waals surface area contributed by atoms with Gasteiger partial charge in [-0.05, 0) is 34.6 Å². The lowest BCUT2D eigenvalue weighted by Crippen LogP contribution is -2.48. The van der Waals surface area contributed by atoms with E-state index in [9.17, 15) is 0 Å². The Hall–Kier alpha value is -0.906. The zero-order valence-corrected chi connectivity index (χ0v) is 14.7. The first-order valence-electron chi connectivity index (χ1n) is 6.03. The molecule has 0 radical (unpaired) electrons. The van der Waals surface area contributed by atoms with Crippen molar-refractivity contribution in [2.75, 3.05) is 0 Å². The zero-order valence-electron chi connectivity index (χ0n) is 12.5. The van der Waals surface area contributed by atoms with Crippen molar-refractivity contribution in [1.82, 2.24) is 0 Å². The van der Waals surface area contributed by atoms with Gasteiger partial charge in [-0.2, -0.15) is 0 Å². The van der Waals surface area contributed by atoms with E-state index in [4.69, 9.17) is 4.12 Å². The second kappa shape index (κ2) is 6.32. The van der Waals surface area contributed by atoms with Crippen LogP contribution in [0.3, 0.4) is 0 Å². The van der Waals surface area contributed by atoms with Gasteiger partial charge >= 0.3 is 0 Å². The largest absolute Gasteiger partial charge is 0.442 e. The van der Waals surface area contributed by atoms with Gasteiger partial charge in [-0.25, -0.2) is 0 Å². The third kappa shape index (κ3) is 3.31. The molecule has 0 aromatic heterocycles. The van der Waals surface area contributed by atoms with E-state index in [1.807, 2.05) is 34.6 Å². The third-order valence-electron chi connectivity index (χ3n) is 2.99. The molecule has 0 bridgehead atoms. The van der Waals surface area contributed by atoms with E-state index in [0.29, 0.717) is 0 Å². The van der Waals surface area contributed by atoms with Crippen LogP contribution >= 0.6 is 0 Å². The fourth-order valence-corrected chi connectivity index (χ4v) is 10.7. The second-order valence-corrected chi connectivity index (χ2v) is 12.8. The maximum Gasteiger partial charge on any atom is 0.263 e. The molecule has 0 amide bonds. The standard InChI is InChI=1S/C15H26OSi2/c1-11(2)17(12(3)4)16-18(13(5)6,14(7)8)15(9)10/h17H,1,3,5,7,9H2,2,4,6,8,10H3. The first-order valence-corrected chi connectivity index (χ1v) is 9.57. The van der Waals surface area contributed by atoms with Crippen LogP contribution in [0.2, 0.25) is 0 Å². The van der Waals surface area contributed by atoms with Gasteiger partial charge in [0.1, 0.15) is 0 Å². The van der Waals surface area contributed by atoms with Crippen molar-refractivity contribution in [3.05, 3.63) is 58.9 Å². The van der Waals surface area contributed by atoms with Crippen LogP contribution in [0.1, 0.15) is 34.6 Å². The maximum atomic E-state index is 6.53. The maximum absolute atomic E-state index is 6.53. The third-order valence-corrected chi connectivity index (χ3v) is 10.7. The van der Waals surface area contributed by atoms with Crippen molar-refractivity contribution in [3.63, 3.8) is 0 Å². The molecule has 0 atom stereocenters. The van der Waals surface area contributed by atoms with E-state index in [2.05, 4.69) is 32.9 Å². The van der Waals surface area contributed by atoms with Crippen molar-refractivity contribution >= 4 is 17.4 Å². The van der Waals surface area contributed by atoms with Crippen LogP contribution in [0.25, 0.3) is 0 Å². The molecule has 0 aromatic carbocycles. The summed E-state index contributed by atoms with van der Waals surface area (Å²) in [6, 6.07) is 0. The van der Waals surface area contributed by atoms with E-state index in [1.54, 1.807) is 0 Å². The van der Waals surface area contributed by atoms with Crippen LogP contribution in [0.4, 0.5) is 0 Å². The molecule has 0 saturated heterocycles. The lowest BCUT2D eigenvalue weighted by molar-refractivity contribution is 0.589. The Morgan fingerprint density at radius 1 is 0.722 bits per heavy atom. The van der Waals surface area contributed by atoms with Crippen LogP contribution in [0, 0.1) is 0 Å². The molecule has 0 N–H and O–H groups in total. The Morgan fingerprint density at radius 2 is 1.00 bits per heavy atom. The SMILES string of the molecule is C=C(C)[SiH](O[Si](C(=C)C)(C(=C)C)C(=C)C)C(=C)C. The fraction of sp³-hybridized carbons (Fsp3) is 0.333. The van der Waals surface area contributed by atoms with Crippen LogP contribution in [0.5, 0.6) is 0 Å². The Bertz CT molecular complexity index is 368. The molecule has 0 saturated carbocycles. The number of hydrogen-bond donors (Lipinski definition) is 0. The van der Waals surface area contributed by atoms with Crippen molar-refractivity contribution in [2.45, 2.75) is 34.6 Å². The first-order chi connectivity index (χ1) is 8.07. The molecule has 0 aliphatic carbocycles. The highest BCUT2D eigenvalue weighted by molar-refractivity contribution is 6.97. The van der Waals surface area contributed by atoms with E-state index >= 15 is 0 Å². The Labute approximate surface area is 115 Å². The van der Waals surface area contributed by atoms with Gasteiger partial charge in [0.15, 0.2) is 0 Å². The van der Waals surface area contributed by atoms with Gasteiger partial charge in [0.05, 0.1) is 0 Å². The van der Waals surface area contributed by atoms with E-state index < -0.39 is 17.4 Å². The molecule has 0 heterocycles. The quantitative estimate of drug-likeness (QED) is 0.633. The summed E-state index contributed by atoms with van der Waals surface area (Å²) in [6.45, 7) is 30.5. The number of hydrogen-bond acceptors (Lipinski definition) is 1. The Morgan fingerprint density at radius 3 is 1.17 bits per heavy atom. The van der Waals surface area contributed by atoms with E-state index in [0.717, 1.165) is 26.0 Å². The highest BCUT2D eigenvalue weighted by Gasteiger charge is 2.41. The van der Waals surface area contributed by atoms with Gasteiger partial charge in [0.25, 0.3) is 8.32 Å². The van der Waals surface area contributed by atoms with Crippen LogP contribution in [-0.4, -0.2) is 17.4 Å². The summed E-state index contributed by atoms with van der Waals surface area (Å²) in [6.07, 6.45) is 0. The van der Waals surface area contributed by atoms with Gasteiger partial charge in [0, 0.05) is 0 Å². The summed E-state index contributed by atoms with van der Waals surface area (Å²) in [7, 11) is -4.04. The van der Waals surface area contributed by atoms with Crippen LogP contribution in [-0.2, 0) is 4.12 Å². The molecular weight excluding hydrogens is 252 g/mol. The highest BCUT2D eigenvalue weighted by Crippen LogP contribution is 2.31. The van der Waals surface area contributed by atoms with Gasteiger partial charge < -0.3 is 4.12 Å². The minimum atomic E-state index is -2.36. The minimum Gasteiger partial charge on any atom is -0.442 e. The Kier molecular flexibility index (Phi) is 6.00. The zero-order chi connectivity index (χ0) is 14.7. The van der Waals surface area contributed by atoms with Gasteiger partial charge in [-0.1, -0.05) is 26.0 Å². The average molecular weight is 279 g/mol. The summed E-state index contributed by atoms with van der Waals surface area (Å²) in [5.41, 5.74) is 0. The number of rotatable bonds is 7. The lowest BCUT2D eigenvalue weighted by atomic mass is 10.7. The molecular formula is C15H26OSi2. The number of allylic oxidation sites excluding steroid dienone is 5. The summed E-state index contributed by atoms with van der Waals surface area (Å²) in [4.78, 5) is 0. The fourth-order valence-electron chi connectivity index (χ4n) is 2.19. The van der Waals surface area contributed by atoms with E-state index in [1.165, 1.54) is 0 Å². The van der Waals surface area contributed by atoms with Crippen LogP contribution in [0.15, 0.2) is 58.9 Å². The van der Waals surface area contributed by atoms with Crippen LogP contribution < -0.4 is 0 Å². The topological polar surface area (TPSA) is 9.23 Å². The molecule has 3 heteroatoms. The van der Waals surface area contributed by atoms with Gasteiger partial charge in [0.2, 0.25) is 9.04 Å². The predicted molar refractivity (Wildman–Crippen MR) is 88.1 cm³/mol. The molecule has 1 nitrogen and oxygen atoms in total. The predicted octanol–water partition coefficient (Wildman–Crippen LogP) is 4.25. The lowest BCUT2D eigenvalue weighted by Gasteiger charge is -2.37. The second-order valence-electron chi connectivity index (χ2n) is 5.21. The molecule has 0 aliphatic heterocycles. The molecule has 18 heavy (non-hydrogen) atoms. The normalized spacial score (nSPS) is 11.2. The average Bonchev–Trinajstić information content (AvgIpc) is 2.15. The minimum absolute atomic E-state index is 1.04. The summed E-state index contributed by atoms with van der Waals surface area (Å²) >= 11 is 0. The Balaban J connectivity index is 5.69. The smallest absolute Gasteiger partial charge is 0.263 e. The van der Waals surface area contributed by atoms with Gasteiger partial charge in [-0.15, -0.1) is 32.9 Å². The molecule has 0 unspecified atom stereocenters. The highest BCUT2D eigenvalue weighted by atomic mass is 28.4. The van der Waals surface area contributed by atoms with Crippen molar-refractivity contribution in [1.29, 1.82) is 0 Å². The summed E-state index contributed by atoms with van der Waals surface area (Å²) < 4.78 is 6.53. The molecule has 0 rings (SSSR count). The first kappa shape index (κ1) is 17.1. The van der Waals surface area contributed by atoms with Crippen molar-refractivity contribution in [2.24, 2.45) is 0 Å². The molecule has 0 fully saturated rings. The molecule has 0 spiro atoms. The monoisotopic (exact) mass is 278 g/mol. The molecule has 100 valence electrons. The summed E-state index contributed by atoms with van der Waals surface area (Å²) in [5, 5.41) is 5.30.